The van der Waals surface area contributed by atoms with Gasteiger partial charge in [-0.25, -0.2) is 4.68 Å². The second-order valence-corrected chi connectivity index (χ2v) is 4.82. The van der Waals surface area contributed by atoms with Crippen LogP contribution in [0.2, 0.25) is 5.02 Å². The number of nitrogens with zero attached hydrogens (tertiary/aromatic N) is 4. The highest BCUT2D eigenvalue weighted by Gasteiger charge is 2.16. The van der Waals surface area contributed by atoms with E-state index in [0.717, 1.165) is 29.4 Å². The van der Waals surface area contributed by atoms with E-state index in [0.29, 0.717) is 6.54 Å². The molecule has 5 nitrogen and oxygen atoms in total. The number of aromatic nitrogens is 4. The van der Waals surface area contributed by atoms with Crippen LogP contribution < -0.4 is 5.32 Å². The molecule has 19 heavy (non-hydrogen) atoms. The Balaban J connectivity index is 2.18. The summed E-state index contributed by atoms with van der Waals surface area (Å²) in [6.07, 6.45) is 1.08. The maximum atomic E-state index is 6.22. The molecule has 0 aliphatic heterocycles. The Morgan fingerprint density at radius 1 is 1.37 bits per heavy atom. The molecule has 1 heterocycles. The van der Waals surface area contributed by atoms with Gasteiger partial charge in [0.15, 0.2) is 5.82 Å². The summed E-state index contributed by atoms with van der Waals surface area (Å²) in [4.78, 5) is 0. The molecule has 0 aliphatic rings. The van der Waals surface area contributed by atoms with Crippen molar-refractivity contribution in [2.45, 2.75) is 32.9 Å². The van der Waals surface area contributed by atoms with Crippen molar-refractivity contribution >= 4 is 11.6 Å². The van der Waals surface area contributed by atoms with E-state index in [2.05, 4.69) is 27.8 Å². The molecule has 1 N–H and O–H groups in total. The van der Waals surface area contributed by atoms with E-state index in [-0.39, 0.29) is 6.04 Å². The zero-order chi connectivity index (χ0) is 13.7. The van der Waals surface area contributed by atoms with E-state index in [1.165, 1.54) is 0 Å². The van der Waals surface area contributed by atoms with Crippen LogP contribution in [0.1, 0.15) is 37.7 Å². The van der Waals surface area contributed by atoms with Crippen LogP contribution in [0.15, 0.2) is 24.3 Å². The van der Waals surface area contributed by atoms with Crippen molar-refractivity contribution in [1.29, 1.82) is 0 Å². The summed E-state index contributed by atoms with van der Waals surface area (Å²) >= 11 is 6.22. The predicted octanol–water partition coefficient (Wildman–Crippen LogP) is 2.44. The van der Waals surface area contributed by atoms with Gasteiger partial charge in [-0.2, -0.15) is 0 Å². The molecule has 1 aromatic heterocycles. The first-order valence-corrected chi connectivity index (χ1v) is 6.83. The minimum Gasteiger partial charge on any atom is -0.310 e. The van der Waals surface area contributed by atoms with Crippen LogP contribution in [-0.2, 0) is 6.54 Å². The minimum absolute atomic E-state index is 0.0159. The molecule has 102 valence electrons. The third kappa shape index (κ3) is 3.30. The van der Waals surface area contributed by atoms with E-state index >= 15 is 0 Å². The Morgan fingerprint density at radius 3 is 2.89 bits per heavy atom. The van der Waals surface area contributed by atoms with Crippen molar-refractivity contribution < 1.29 is 0 Å². The largest absolute Gasteiger partial charge is 0.310 e. The monoisotopic (exact) mass is 279 g/mol. The number of rotatable bonds is 6. The van der Waals surface area contributed by atoms with Crippen LogP contribution in [0.4, 0.5) is 0 Å². The van der Waals surface area contributed by atoms with Gasteiger partial charge in [0.05, 0.1) is 12.6 Å². The Kier molecular flexibility index (Phi) is 4.87. The normalized spacial score (nSPS) is 12.6. The molecular formula is C13H18ClN5. The molecule has 0 spiro atoms. The molecule has 0 fully saturated rings. The lowest BCUT2D eigenvalue weighted by atomic mass is 10.1. The Labute approximate surface area is 118 Å². The molecule has 1 atom stereocenters. The highest BCUT2D eigenvalue weighted by Crippen LogP contribution is 2.25. The molecule has 0 amide bonds. The van der Waals surface area contributed by atoms with Gasteiger partial charge in [-0.3, -0.25) is 0 Å². The van der Waals surface area contributed by atoms with Gasteiger partial charge in [-0.15, -0.1) is 5.10 Å². The Bertz CT molecular complexity index is 525. The summed E-state index contributed by atoms with van der Waals surface area (Å²) in [6.45, 7) is 5.78. The van der Waals surface area contributed by atoms with Gasteiger partial charge in [0.1, 0.15) is 0 Å². The van der Waals surface area contributed by atoms with Crippen LogP contribution in [0.25, 0.3) is 0 Å². The van der Waals surface area contributed by atoms with Gasteiger partial charge in [-0.1, -0.05) is 36.7 Å². The second-order valence-electron chi connectivity index (χ2n) is 4.41. The van der Waals surface area contributed by atoms with Crippen molar-refractivity contribution in [3.63, 3.8) is 0 Å². The maximum absolute atomic E-state index is 6.22. The number of benzene rings is 1. The fraction of sp³-hybridized carbons (Fsp3) is 0.462. The molecule has 2 rings (SSSR count). The van der Waals surface area contributed by atoms with Gasteiger partial charge in [-0.05, 0) is 41.9 Å². The van der Waals surface area contributed by atoms with Crippen molar-refractivity contribution in [3.05, 3.63) is 40.7 Å². The number of tetrazole rings is 1. The van der Waals surface area contributed by atoms with E-state index < -0.39 is 0 Å². The lowest BCUT2D eigenvalue weighted by Gasteiger charge is -2.15. The van der Waals surface area contributed by atoms with E-state index in [9.17, 15) is 0 Å². The van der Waals surface area contributed by atoms with Crippen molar-refractivity contribution in [1.82, 2.24) is 25.5 Å². The average Bonchev–Trinajstić information content (AvgIpc) is 2.87. The Hall–Kier alpha value is -1.46. The zero-order valence-electron chi connectivity index (χ0n) is 11.2. The highest BCUT2D eigenvalue weighted by molar-refractivity contribution is 6.31. The highest BCUT2D eigenvalue weighted by atomic mass is 35.5. The summed E-state index contributed by atoms with van der Waals surface area (Å²) < 4.78 is 1.81. The zero-order valence-corrected chi connectivity index (χ0v) is 11.9. The maximum Gasteiger partial charge on any atom is 0.165 e. The molecule has 1 unspecified atom stereocenters. The molecule has 1 aromatic carbocycles. The topological polar surface area (TPSA) is 55.6 Å². The number of halogens is 1. The first-order chi connectivity index (χ1) is 9.24. The van der Waals surface area contributed by atoms with Crippen LogP contribution in [0, 0.1) is 0 Å². The molecule has 6 heteroatoms. The third-order valence-corrected chi connectivity index (χ3v) is 3.34. The van der Waals surface area contributed by atoms with Crippen molar-refractivity contribution in [3.8, 4) is 0 Å². The predicted molar refractivity (Wildman–Crippen MR) is 75.1 cm³/mol. The number of nitrogens with one attached hydrogen (secondary N) is 1. The number of hydrogen-bond acceptors (Lipinski definition) is 4. The van der Waals surface area contributed by atoms with Gasteiger partial charge >= 0.3 is 0 Å². The van der Waals surface area contributed by atoms with E-state index in [4.69, 9.17) is 11.6 Å². The molecule has 0 saturated carbocycles. The van der Waals surface area contributed by atoms with Crippen molar-refractivity contribution in [2.24, 2.45) is 0 Å². The molecule has 0 radical (unpaired) electrons. The summed E-state index contributed by atoms with van der Waals surface area (Å²) in [7, 11) is 0. The fourth-order valence-electron chi connectivity index (χ4n) is 1.95. The average molecular weight is 280 g/mol. The molecule has 0 bridgehead atoms. The van der Waals surface area contributed by atoms with Crippen LogP contribution in [0.5, 0.6) is 0 Å². The molecule has 2 aromatic rings. The van der Waals surface area contributed by atoms with Crippen LogP contribution in [0.3, 0.4) is 0 Å². The van der Waals surface area contributed by atoms with Crippen molar-refractivity contribution in [2.75, 3.05) is 6.54 Å². The fourth-order valence-corrected chi connectivity index (χ4v) is 2.25. The minimum atomic E-state index is 0.0159. The van der Waals surface area contributed by atoms with E-state index in [1.807, 2.05) is 35.9 Å². The Morgan fingerprint density at radius 2 is 2.16 bits per heavy atom. The van der Waals surface area contributed by atoms with Gasteiger partial charge in [0, 0.05) is 5.02 Å². The first-order valence-electron chi connectivity index (χ1n) is 6.46. The summed E-state index contributed by atoms with van der Waals surface area (Å²) in [5.74, 6) is 0.820. The smallest absolute Gasteiger partial charge is 0.165 e. The SMILES string of the molecule is CCCNCc1nnnn1C(C)c1ccccc1Cl. The first kappa shape index (κ1) is 14.0. The molecular weight excluding hydrogens is 262 g/mol. The standard InChI is InChI=1S/C13H18ClN5/c1-3-8-15-9-13-16-17-18-19(13)10(2)11-6-4-5-7-12(11)14/h4-7,10,15H,3,8-9H2,1-2H3. The van der Waals surface area contributed by atoms with Gasteiger partial charge in [0.25, 0.3) is 0 Å². The third-order valence-electron chi connectivity index (χ3n) is 2.99. The summed E-state index contributed by atoms with van der Waals surface area (Å²) in [6, 6.07) is 7.78. The summed E-state index contributed by atoms with van der Waals surface area (Å²) in [5, 5.41) is 15.9. The van der Waals surface area contributed by atoms with E-state index in [1.54, 1.807) is 0 Å². The number of hydrogen-bond donors (Lipinski definition) is 1. The molecule has 0 aliphatic carbocycles. The lowest BCUT2D eigenvalue weighted by Crippen LogP contribution is -2.20. The lowest BCUT2D eigenvalue weighted by molar-refractivity contribution is 0.505. The van der Waals surface area contributed by atoms with Gasteiger partial charge < -0.3 is 5.32 Å². The summed E-state index contributed by atoms with van der Waals surface area (Å²) in [5.41, 5.74) is 1.02. The quantitative estimate of drug-likeness (QED) is 0.825. The van der Waals surface area contributed by atoms with Crippen LogP contribution >= 0.6 is 11.6 Å². The molecule has 0 saturated heterocycles. The second kappa shape index (κ2) is 6.63. The van der Waals surface area contributed by atoms with Gasteiger partial charge in [0.2, 0.25) is 0 Å². The van der Waals surface area contributed by atoms with Crippen LogP contribution in [-0.4, -0.2) is 26.8 Å².